The van der Waals surface area contributed by atoms with Crippen LogP contribution in [-0.4, -0.2) is 73.7 Å². The normalized spacial score (nSPS) is 21.2. The van der Waals surface area contributed by atoms with Gasteiger partial charge in [-0.15, -0.1) is 0 Å². The molecular formula is C22H34N6O6. The Bertz CT molecular complexity index is 791. The molecule has 7 N–H and O–H groups in total. The van der Waals surface area contributed by atoms with Crippen molar-refractivity contribution >= 4 is 18.0 Å². The summed E-state index contributed by atoms with van der Waals surface area (Å²) in [4.78, 5) is 41.1. The van der Waals surface area contributed by atoms with Crippen molar-refractivity contribution in [2.75, 3.05) is 26.2 Å². The second-order valence-electron chi connectivity index (χ2n) is 8.33. The third-order valence-electron chi connectivity index (χ3n) is 5.57. The van der Waals surface area contributed by atoms with Crippen LogP contribution in [0.1, 0.15) is 31.2 Å². The molecule has 2 saturated heterocycles. The minimum atomic E-state index is -1.31. The molecule has 12 heteroatoms. The average molecular weight is 479 g/mol. The summed E-state index contributed by atoms with van der Waals surface area (Å²) in [6.45, 7) is 2.55. The molecular weight excluding hydrogens is 444 g/mol. The molecule has 0 spiro atoms. The number of carbonyl (C=O) groups excluding carboxylic acids is 2. The third kappa shape index (κ3) is 9.23. The van der Waals surface area contributed by atoms with Gasteiger partial charge < -0.3 is 20.5 Å². The monoisotopic (exact) mass is 478 g/mol. The highest BCUT2D eigenvalue weighted by Crippen LogP contribution is 2.17. The number of hydroxylamine groups is 1. The Balaban J connectivity index is 1.28. The number of ether oxygens (including phenoxy) is 1. The smallest absolute Gasteiger partial charge is 0.408 e. The maximum atomic E-state index is 12.3. The molecule has 2 fully saturated rings. The van der Waals surface area contributed by atoms with Crippen LogP contribution >= 0.6 is 0 Å². The van der Waals surface area contributed by atoms with Crippen molar-refractivity contribution in [1.29, 1.82) is 0 Å². The van der Waals surface area contributed by atoms with Gasteiger partial charge in [-0.2, -0.15) is 5.48 Å². The summed E-state index contributed by atoms with van der Waals surface area (Å²) in [5.74, 6) is -1.62. The molecule has 3 atom stereocenters. The van der Waals surface area contributed by atoms with Crippen LogP contribution in [0.5, 0.6) is 0 Å². The van der Waals surface area contributed by atoms with Gasteiger partial charge in [0.25, 0.3) is 0 Å². The Morgan fingerprint density at radius 1 is 1.18 bits per heavy atom. The zero-order valence-electron chi connectivity index (χ0n) is 19.0. The van der Waals surface area contributed by atoms with E-state index in [1.54, 1.807) is 12.1 Å². The van der Waals surface area contributed by atoms with Crippen molar-refractivity contribution < 1.29 is 29.1 Å². The van der Waals surface area contributed by atoms with Crippen LogP contribution in [-0.2, 0) is 25.8 Å². The number of hydrogen-bond acceptors (Lipinski definition) is 9. The van der Waals surface area contributed by atoms with Crippen molar-refractivity contribution in [3.8, 4) is 0 Å². The Hall–Kier alpha value is -2.77. The molecule has 2 aliphatic rings. The molecule has 2 amide bonds. The van der Waals surface area contributed by atoms with E-state index in [2.05, 4.69) is 32.1 Å². The quantitative estimate of drug-likeness (QED) is 0.182. The van der Waals surface area contributed by atoms with E-state index >= 15 is 0 Å². The van der Waals surface area contributed by atoms with Crippen LogP contribution in [0.4, 0.5) is 4.79 Å². The lowest BCUT2D eigenvalue weighted by atomic mass is 10.0. The molecule has 1 aromatic rings. The third-order valence-corrected chi connectivity index (χ3v) is 5.57. The lowest BCUT2D eigenvalue weighted by molar-refractivity contribution is -0.139. The van der Waals surface area contributed by atoms with Crippen molar-refractivity contribution in [3.63, 3.8) is 0 Å². The second-order valence-corrected chi connectivity index (χ2v) is 8.33. The van der Waals surface area contributed by atoms with Gasteiger partial charge in [0.1, 0.15) is 18.9 Å². The van der Waals surface area contributed by atoms with Crippen molar-refractivity contribution in [1.82, 2.24) is 32.1 Å². The fraction of sp³-hybridized carbons (Fsp3) is 0.591. The van der Waals surface area contributed by atoms with Gasteiger partial charge >= 0.3 is 12.1 Å². The zero-order chi connectivity index (χ0) is 24.2. The summed E-state index contributed by atoms with van der Waals surface area (Å²) < 4.78 is 5.04. The van der Waals surface area contributed by atoms with Gasteiger partial charge in [-0.05, 0) is 31.4 Å². The fourth-order valence-electron chi connectivity index (χ4n) is 3.75. The first-order valence-electron chi connectivity index (χ1n) is 11.6. The lowest BCUT2D eigenvalue weighted by Gasteiger charge is -2.16. The Labute approximate surface area is 198 Å². The van der Waals surface area contributed by atoms with E-state index in [0.717, 1.165) is 38.0 Å². The van der Waals surface area contributed by atoms with Crippen LogP contribution in [0.2, 0.25) is 0 Å². The standard InChI is InChI=1S/C22H34N6O6/c29-19(12-17-11-16(28-34-17)7-4-8-23-21-24-9-10-25-21)26-13-18(20(30)31)27-22(32)33-14-15-5-2-1-3-6-15/h1-3,5-6,16-18,21,23-25,28H,4,7-14H2,(H,26,29)(H,27,32)(H,30,31). The molecule has 0 aliphatic carbocycles. The number of amides is 2. The number of carbonyl (C=O) groups is 3. The Morgan fingerprint density at radius 2 is 1.94 bits per heavy atom. The number of benzene rings is 1. The summed E-state index contributed by atoms with van der Waals surface area (Å²) in [6, 6.07) is 7.88. The van der Waals surface area contributed by atoms with Crippen molar-refractivity contribution in [2.45, 2.75) is 56.8 Å². The number of alkyl carbamates (subject to hydrolysis) is 1. The number of hydrogen-bond donors (Lipinski definition) is 7. The summed E-state index contributed by atoms with van der Waals surface area (Å²) >= 11 is 0. The Morgan fingerprint density at radius 3 is 2.68 bits per heavy atom. The van der Waals surface area contributed by atoms with Gasteiger partial charge in [-0.1, -0.05) is 30.3 Å². The van der Waals surface area contributed by atoms with Crippen molar-refractivity contribution in [3.05, 3.63) is 35.9 Å². The molecule has 188 valence electrons. The molecule has 3 rings (SSSR count). The first kappa shape index (κ1) is 25.8. The molecule has 0 saturated carbocycles. The first-order valence-corrected chi connectivity index (χ1v) is 11.6. The van der Waals surface area contributed by atoms with Gasteiger partial charge in [-0.3, -0.25) is 25.6 Å². The highest BCUT2D eigenvalue weighted by atomic mass is 16.7. The molecule has 2 heterocycles. The number of nitrogens with one attached hydrogen (secondary N) is 6. The summed E-state index contributed by atoms with van der Waals surface area (Å²) in [6.07, 6.45) is 1.68. The number of rotatable bonds is 13. The number of carboxylic acid groups (broad SMARTS) is 1. The molecule has 3 unspecified atom stereocenters. The number of carboxylic acids is 1. The van der Waals surface area contributed by atoms with E-state index in [9.17, 15) is 19.5 Å². The highest BCUT2D eigenvalue weighted by Gasteiger charge is 2.28. The van der Waals surface area contributed by atoms with Gasteiger partial charge in [0, 0.05) is 25.7 Å². The largest absolute Gasteiger partial charge is 0.480 e. The lowest BCUT2D eigenvalue weighted by Crippen LogP contribution is -2.48. The van der Waals surface area contributed by atoms with E-state index in [-0.39, 0.29) is 43.9 Å². The van der Waals surface area contributed by atoms with E-state index in [1.807, 2.05) is 18.2 Å². The fourth-order valence-corrected chi connectivity index (χ4v) is 3.75. The van der Waals surface area contributed by atoms with E-state index < -0.39 is 18.1 Å². The van der Waals surface area contributed by atoms with Crippen LogP contribution in [0.25, 0.3) is 0 Å². The molecule has 0 aromatic heterocycles. The second kappa shape index (κ2) is 13.8. The highest BCUT2D eigenvalue weighted by molar-refractivity contribution is 5.82. The summed E-state index contributed by atoms with van der Waals surface area (Å²) in [7, 11) is 0. The van der Waals surface area contributed by atoms with Crippen LogP contribution in [0.15, 0.2) is 30.3 Å². The molecule has 1 aromatic carbocycles. The molecule has 12 nitrogen and oxygen atoms in total. The SMILES string of the molecule is O=C(CC1CC(CCCNC2NCCN2)NO1)NCC(NC(=O)OCc1ccccc1)C(=O)O. The molecule has 2 aliphatic heterocycles. The summed E-state index contributed by atoms with van der Waals surface area (Å²) in [5.41, 5.74) is 3.75. The first-order chi connectivity index (χ1) is 16.5. The van der Waals surface area contributed by atoms with Crippen LogP contribution < -0.4 is 32.1 Å². The Kier molecular flexibility index (Phi) is 10.5. The molecule has 34 heavy (non-hydrogen) atoms. The molecule has 0 bridgehead atoms. The van der Waals surface area contributed by atoms with Gasteiger partial charge in [-0.25, -0.2) is 9.59 Å². The van der Waals surface area contributed by atoms with E-state index in [4.69, 9.17) is 9.57 Å². The van der Waals surface area contributed by atoms with Crippen LogP contribution in [0, 0.1) is 0 Å². The molecule has 0 radical (unpaired) electrons. The topological polar surface area (TPSA) is 162 Å². The summed E-state index contributed by atoms with van der Waals surface area (Å²) in [5, 5.41) is 24.1. The minimum Gasteiger partial charge on any atom is -0.480 e. The number of aliphatic carboxylic acids is 1. The minimum absolute atomic E-state index is 0.0168. The van der Waals surface area contributed by atoms with Gasteiger partial charge in [0.05, 0.1) is 12.5 Å². The maximum absolute atomic E-state index is 12.3. The van der Waals surface area contributed by atoms with E-state index in [1.165, 1.54) is 0 Å². The maximum Gasteiger partial charge on any atom is 0.408 e. The van der Waals surface area contributed by atoms with Crippen molar-refractivity contribution in [2.24, 2.45) is 0 Å². The van der Waals surface area contributed by atoms with Gasteiger partial charge in [0.15, 0.2) is 0 Å². The predicted molar refractivity (Wildman–Crippen MR) is 122 cm³/mol. The van der Waals surface area contributed by atoms with Gasteiger partial charge in [0.2, 0.25) is 5.91 Å². The zero-order valence-corrected chi connectivity index (χ0v) is 19.0. The predicted octanol–water partition coefficient (Wildman–Crippen LogP) is -0.619. The average Bonchev–Trinajstić information content (AvgIpc) is 3.51. The van der Waals surface area contributed by atoms with Crippen LogP contribution in [0.3, 0.4) is 0 Å². The van der Waals surface area contributed by atoms with E-state index in [0.29, 0.717) is 6.42 Å².